The SMILES string of the molecule is Cc1ccc(CN(C(=O)CN(c2ccc(Oc3ccccc3)cc2)S(=O)(=O)c2ccccc2)[C@@H](Cc2ccccc2)C(=O)NC(C)C)cc1. The molecule has 5 aromatic rings. The van der Waals surface area contributed by atoms with E-state index < -0.39 is 28.5 Å². The van der Waals surface area contributed by atoms with Gasteiger partial charge in [0.15, 0.2) is 0 Å². The molecule has 49 heavy (non-hydrogen) atoms. The van der Waals surface area contributed by atoms with Crippen molar-refractivity contribution >= 4 is 27.5 Å². The fourth-order valence-corrected chi connectivity index (χ4v) is 6.81. The Morgan fingerprint density at radius 3 is 1.84 bits per heavy atom. The number of carbonyl (C=O) groups excluding carboxylic acids is 2. The van der Waals surface area contributed by atoms with Crippen LogP contribution in [0, 0.1) is 6.92 Å². The van der Waals surface area contributed by atoms with E-state index in [1.165, 1.54) is 17.0 Å². The summed E-state index contributed by atoms with van der Waals surface area (Å²) in [6.45, 7) is 5.27. The van der Waals surface area contributed by atoms with Gasteiger partial charge in [-0.05, 0) is 80.4 Å². The van der Waals surface area contributed by atoms with Gasteiger partial charge in [0.2, 0.25) is 11.8 Å². The van der Waals surface area contributed by atoms with Crippen molar-refractivity contribution in [2.75, 3.05) is 10.8 Å². The molecule has 0 saturated carbocycles. The van der Waals surface area contributed by atoms with Gasteiger partial charge in [0.25, 0.3) is 10.0 Å². The minimum atomic E-state index is -4.21. The minimum absolute atomic E-state index is 0.0379. The second kappa shape index (κ2) is 16.1. The number of benzene rings is 5. The van der Waals surface area contributed by atoms with E-state index >= 15 is 0 Å². The van der Waals surface area contributed by atoms with Gasteiger partial charge in [-0.25, -0.2) is 8.42 Å². The first kappa shape index (κ1) is 34.9. The molecule has 0 aliphatic carbocycles. The van der Waals surface area contributed by atoms with E-state index in [1.807, 2.05) is 106 Å². The van der Waals surface area contributed by atoms with Crippen molar-refractivity contribution in [3.8, 4) is 11.5 Å². The van der Waals surface area contributed by atoms with E-state index in [4.69, 9.17) is 4.74 Å². The summed E-state index contributed by atoms with van der Waals surface area (Å²) in [6.07, 6.45) is 0.244. The first-order chi connectivity index (χ1) is 23.6. The highest BCUT2D eigenvalue weighted by atomic mass is 32.2. The summed E-state index contributed by atoms with van der Waals surface area (Å²) in [5, 5.41) is 2.98. The predicted octanol–water partition coefficient (Wildman–Crippen LogP) is 7.15. The molecule has 0 aliphatic heterocycles. The second-order valence-electron chi connectivity index (χ2n) is 12.1. The van der Waals surface area contributed by atoms with Crippen LogP contribution in [-0.4, -0.2) is 43.8 Å². The van der Waals surface area contributed by atoms with E-state index in [0.29, 0.717) is 11.5 Å². The van der Waals surface area contributed by atoms with Gasteiger partial charge in [0, 0.05) is 19.0 Å². The summed E-state index contributed by atoms with van der Waals surface area (Å²) in [5.41, 5.74) is 3.02. The van der Waals surface area contributed by atoms with Crippen molar-refractivity contribution < 1.29 is 22.7 Å². The summed E-state index contributed by atoms with van der Waals surface area (Å²) < 4.78 is 35.5. The molecule has 0 saturated heterocycles. The smallest absolute Gasteiger partial charge is 0.264 e. The average Bonchev–Trinajstić information content (AvgIpc) is 3.11. The molecular weight excluding hydrogens is 635 g/mol. The highest BCUT2D eigenvalue weighted by Crippen LogP contribution is 2.29. The number of rotatable bonds is 14. The Morgan fingerprint density at radius 2 is 1.24 bits per heavy atom. The Kier molecular flexibility index (Phi) is 11.5. The van der Waals surface area contributed by atoms with Crippen LogP contribution in [-0.2, 0) is 32.6 Å². The number of anilines is 1. The fraction of sp³-hybridized carbons (Fsp3) is 0.200. The number of para-hydroxylation sites is 1. The first-order valence-corrected chi connectivity index (χ1v) is 17.6. The van der Waals surface area contributed by atoms with Crippen LogP contribution in [0.4, 0.5) is 5.69 Å². The molecule has 0 aromatic heterocycles. The molecule has 0 bridgehead atoms. The summed E-state index contributed by atoms with van der Waals surface area (Å²) in [5.74, 6) is 0.298. The van der Waals surface area contributed by atoms with Gasteiger partial charge >= 0.3 is 0 Å². The largest absolute Gasteiger partial charge is 0.457 e. The van der Waals surface area contributed by atoms with Gasteiger partial charge in [0.1, 0.15) is 24.1 Å². The van der Waals surface area contributed by atoms with Crippen LogP contribution in [0.3, 0.4) is 0 Å². The maximum Gasteiger partial charge on any atom is 0.264 e. The predicted molar refractivity (Wildman–Crippen MR) is 193 cm³/mol. The van der Waals surface area contributed by atoms with Gasteiger partial charge in [-0.1, -0.05) is 96.6 Å². The number of nitrogens with zero attached hydrogens (tertiary/aromatic N) is 2. The molecule has 9 heteroatoms. The van der Waals surface area contributed by atoms with Gasteiger partial charge in [-0.3, -0.25) is 13.9 Å². The van der Waals surface area contributed by atoms with Crippen LogP contribution in [0.2, 0.25) is 0 Å². The van der Waals surface area contributed by atoms with Crippen LogP contribution in [0.1, 0.15) is 30.5 Å². The fourth-order valence-electron chi connectivity index (χ4n) is 5.38. The molecule has 252 valence electrons. The molecule has 0 unspecified atom stereocenters. The normalized spacial score (nSPS) is 11.8. The summed E-state index contributed by atoms with van der Waals surface area (Å²) in [7, 11) is -4.21. The van der Waals surface area contributed by atoms with Gasteiger partial charge < -0.3 is 15.0 Å². The van der Waals surface area contributed by atoms with Crippen LogP contribution in [0.15, 0.2) is 144 Å². The lowest BCUT2D eigenvalue weighted by Crippen LogP contribution is -2.54. The number of hydrogen-bond donors (Lipinski definition) is 1. The number of nitrogens with one attached hydrogen (secondary N) is 1. The maximum atomic E-state index is 14.6. The quantitative estimate of drug-likeness (QED) is 0.135. The molecule has 0 heterocycles. The molecule has 0 radical (unpaired) electrons. The third-order valence-corrected chi connectivity index (χ3v) is 9.68. The Hall–Kier alpha value is -5.41. The summed E-state index contributed by atoms with van der Waals surface area (Å²) in [6, 6.07) is 39.9. The molecule has 0 aliphatic rings. The van der Waals surface area contributed by atoms with Crippen LogP contribution >= 0.6 is 0 Å². The Labute approximate surface area is 289 Å². The lowest BCUT2D eigenvalue weighted by molar-refractivity contribution is -0.140. The molecule has 5 rings (SSSR count). The van der Waals surface area contributed by atoms with E-state index in [9.17, 15) is 18.0 Å². The zero-order valence-corrected chi connectivity index (χ0v) is 28.7. The van der Waals surface area contributed by atoms with E-state index in [1.54, 1.807) is 42.5 Å². The molecule has 0 spiro atoms. The summed E-state index contributed by atoms with van der Waals surface area (Å²) >= 11 is 0. The average molecular weight is 676 g/mol. The third-order valence-electron chi connectivity index (χ3n) is 7.89. The maximum absolute atomic E-state index is 14.6. The first-order valence-electron chi connectivity index (χ1n) is 16.2. The van der Waals surface area contributed by atoms with Gasteiger partial charge in [-0.2, -0.15) is 0 Å². The number of carbonyl (C=O) groups is 2. The molecule has 2 amide bonds. The molecular formula is C40H41N3O5S. The van der Waals surface area contributed by atoms with Crippen molar-refractivity contribution in [1.82, 2.24) is 10.2 Å². The highest BCUT2D eigenvalue weighted by molar-refractivity contribution is 7.92. The number of hydrogen-bond acceptors (Lipinski definition) is 5. The lowest BCUT2D eigenvalue weighted by Gasteiger charge is -2.34. The monoisotopic (exact) mass is 675 g/mol. The van der Waals surface area contributed by atoms with Crippen molar-refractivity contribution in [1.29, 1.82) is 0 Å². The number of amides is 2. The van der Waals surface area contributed by atoms with Crippen molar-refractivity contribution in [2.45, 2.75) is 50.7 Å². The molecule has 1 atom stereocenters. The highest BCUT2D eigenvalue weighted by Gasteiger charge is 2.34. The molecule has 8 nitrogen and oxygen atoms in total. The molecule has 0 fully saturated rings. The van der Waals surface area contributed by atoms with E-state index in [-0.39, 0.29) is 35.5 Å². The van der Waals surface area contributed by atoms with Crippen molar-refractivity contribution in [3.05, 3.63) is 156 Å². The van der Waals surface area contributed by atoms with Crippen molar-refractivity contribution in [2.24, 2.45) is 0 Å². The van der Waals surface area contributed by atoms with Gasteiger partial charge in [-0.15, -0.1) is 0 Å². The topological polar surface area (TPSA) is 96.0 Å². The van der Waals surface area contributed by atoms with Crippen molar-refractivity contribution in [3.63, 3.8) is 0 Å². The van der Waals surface area contributed by atoms with E-state index in [2.05, 4.69) is 5.32 Å². The Bertz CT molecular complexity index is 1920. The van der Waals surface area contributed by atoms with Crippen LogP contribution in [0.25, 0.3) is 0 Å². The Balaban J connectivity index is 1.54. The molecule has 5 aromatic carbocycles. The number of sulfonamides is 1. The van der Waals surface area contributed by atoms with Crippen LogP contribution in [0.5, 0.6) is 11.5 Å². The zero-order valence-electron chi connectivity index (χ0n) is 27.9. The summed E-state index contributed by atoms with van der Waals surface area (Å²) in [4.78, 5) is 30.0. The van der Waals surface area contributed by atoms with Crippen LogP contribution < -0.4 is 14.4 Å². The standard InChI is InChI=1S/C40H41N3O5S/c1-30(2)41-40(45)38(27-32-13-7-4-8-14-32)42(28-33-21-19-31(3)20-22-33)39(44)29-43(49(46,47)37-17-11-6-12-18-37)34-23-25-36(26-24-34)48-35-15-9-5-10-16-35/h4-26,30,38H,27-29H2,1-3H3,(H,41,45)/t38-/m0/s1. The number of ether oxygens (including phenoxy) is 1. The van der Waals surface area contributed by atoms with E-state index in [0.717, 1.165) is 21.0 Å². The zero-order chi connectivity index (χ0) is 34.8. The molecule has 1 N–H and O–H groups in total. The number of aryl methyl sites for hydroxylation is 1. The lowest BCUT2D eigenvalue weighted by atomic mass is 10.0. The Morgan fingerprint density at radius 1 is 0.694 bits per heavy atom. The third kappa shape index (κ3) is 9.36. The van der Waals surface area contributed by atoms with Gasteiger partial charge in [0.05, 0.1) is 10.6 Å². The second-order valence-corrected chi connectivity index (χ2v) is 14.0. The minimum Gasteiger partial charge on any atom is -0.457 e.